The molecule has 0 saturated carbocycles. The molecule has 0 aromatic heterocycles. The lowest BCUT2D eigenvalue weighted by atomic mass is 10.1. The van der Waals surface area contributed by atoms with E-state index >= 15 is 0 Å². The molecule has 0 bridgehead atoms. The smallest absolute Gasteiger partial charge is 0.261 e. The van der Waals surface area contributed by atoms with E-state index in [2.05, 4.69) is 5.32 Å². The fourth-order valence-electron chi connectivity index (χ4n) is 3.87. The summed E-state index contributed by atoms with van der Waals surface area (Å²) >= 11 is 0. The summed E-state index contributed by atoms with van der Waals surface area (Å²) < 4.78 is 27.5. The molecule has 2 heterocycles. The number of carbonyl (C=O) groups excluding carboxylic acids is 3. The van der Waals surface area contributed by atoms with Gasteiger partial charge in [0.25, 0.3) is 17.7 Å². The van der Waals surface area contributed by atoms with Crippen LogP contribution in [-0.2, 0) is 10.0 Å². The van der Waals surface area contributed by atoms with E-state index in [9.17, 15) is 22.8 Å². The van der Waals surface area contributed by atoms with Gasteiger partial charge in [0, 0.05) is 31.4 Å². The number of carbonyl (C=O) groups is 3. The van der Waals surface area contributed by atoms with E-state index in [4.69, 9.17) is 0 Å². The monoisotopic (exact) mass is 441 g/mol. The fraction of sp³-hybridized carbons (Fsp3) is 0.318. The van der Waals surface area contributed by atoms with E-state index in [1.807, 2.05) is 0 Å². The van der Waals surface area contributed by atoms with Crippen LogP contribution >= 0.6 is 0 Å². The molecule has 162 valence electrons. The molecule has 0 atom stereocenters. The van der Waals surface area contributed by atoms with Crippen molar-refractivity contribution in [3.8, 4) is 0 Å². The van der Waals surface area contributed by atoms with Gasteiger partial charge in [-0.3, -0.25) is 19.3 Å². The molecular weight excluding hydrogens is 418 g/mol. The number of benzene rings is 2. The molecule has 0 spiro atoms. The summed E-state index contributed by atoms with van der Waals surface area (Å²) in [5, 5.41) is 2.68. The van der Waals surface area contributed by atoms with Crippen molar-refractivity contribution in [1.82, 2.24) is 9.21 Å². The van der Waals surface area contributed by atoms with Gasteiger partial charge in [0.1, 0.15) is 0 Å². The van der Waals surface area contributed by atoms with Gasteiger partial charge in [0.15, 0.2) is 0 Å². The molecule has 0 unspecified atom stereocenters. The first kappa shape index (κ1) is 21.2. The Balaban J connectivity index is 1.55. The molecule has 31 heavy (non-hydrogen) atoms. The molecule has 0 aliphatic carbocycles. The quantitative estimate of drug-likeness (QED) is 0.735. The number of sulfonamides is 1. The Hall–Kier alpha value is -3.04. The van der Waals surface area contributed by atoms with Crippen molar-refractivity contribution in [1.29, 1.82) is 0 Å². The van der Waals surface area contributed by atoms with Crippen LogP contribution in [-0.4, -0.2) is 55.5 Å². The van der Waals surface area contributed by atoms with Gasteiger partial charge in [-0.15, -0.1) is 0 Å². The third-order valence-electron chi connectivity index (χ3n) is 5.65. The van der Waals surface area contributed by atoms with E-state index < -0.39 is 27.7 Å². The summed E-state index contributed by atoms with van der Waals surface area (Å²) in [6.07, 6.45) is 3.72. The second-order valence-electron chi connectivity index (χ2n) is 7.73. The van der Waals surface area contributed by atoms with Crippen LogP contribution in [0.3, 0.4) is 0 Å². The predicted octanol–water partition coefficient (Wildman–Crippen LogP) is 2.73. The maximum Gasteiger partial charge on any atom is 0.261 e. The number of imide groups is 1. The molecule has 0 radical (unpaired) electrons. The Morgan fingerprint density at radius 3 is 2.29 bits per heavy atom. The molecule has 2 aromatic rings. The number of amides is 3. The SMILES string of the molecule is CN1C(=O)c2ccc(C(=O)Nc3cccc(S(=O)(=O)N4CCCCCC4)c3)cc2C1=O. The van der Waals surface area contributed by atoms with Crippen LogP contribution in [0.4, 0.5) is 5.69 Å². The molecule has 2 aliphatic rings. The van der Waals surface area contributed by atoms with Crippen molar-refractivity contribution in [3.05, 3.63) is 59.2 Å². The summed E-state index contributed by atoms with van der Waals surface area (Å²) in [4.78, 5) is 38.0. The third kappa shape index (κ3) is 3.98. The highest BCUT2D eigenvalue weighted by molar-refractivity contribution is 7.89. The largest absolute Gasteiger partial charge is 0.322 e. The summed E-state index contributed by atoms with van der Waals surface area (Å²) in [6, 6.07) is 10.4. The van der Waals surface area contributed by atoms with Crippen molar-refractivity contribution in [2.24, 2.45) is 0 Å². The van der Waals surface area contributed by atoms with Crippen LogP contribution in [0.2, 0.25) is 0 Å². The van der Waals surface area contributed by atoms with Crippen LogP contribution in [0.25, 0.3) is 0 Å². The highest BCUT2D eigenvalue weighted by Gasteiger charge is 2.33. The van der Waals surface area contributed by atoms with Crippen LogP contribution in [0.1, 0.15) is 56.8 Å². The maximum absolute atomic E-state index is 13.0. The molecule has 1 fully saturated rings. The van der Waals surface area contributed by atoms with Crippen molar-refractivity contribution < 1.29 is 22.8 Å². The van der Waals surface area contributed by atoms with Gasteiger partial charge in [-0.2, -0.15) is 4.31 Å². The number of hydrogen-bond donors (Lipinski definition) is 1. The third-order valence-corrected chi connectivity index (χ3v) is 7.54. The molecular formula is C22H23N3O5S. The minimum atomic E-state index is -3.64. The Bertz CT molecular complexity index is 1170. The van der Waals surface area contributed by atoms with Gasteiger partial charge >= 0.3 is 0 Å². The van der Waals surface area contributed by atoms with E-state index in [0.717, 1.165) is 30.6 Å². The Kier molecular flexibility index (Phi) is 5.63. The maximum atomic E-state index is 13.0. The topological polar surface area (TPSA) is 104 Å². The molecule has 9 heteroatoms. The number of anilines is 1. The molecule has 3 amide bonds. The first-order valence-corrected chi connectivity index (χ1v) is 11.6. The fourth-order valence-corrected chi connectivity index (χ4v) is 5.43. The lowest BCUT2D eigenvalue weighted by molar-refractivity contribution is 0.0693. The Morgan fingerprint density at radius 2 is 1.58 bits per heavy atom. The zero-order valence-electron chi connectivity index (χ0n) is 17.1. The minimum absolute atomic E-state index is 0.128. The second-order valence-corrected chi connectivity index (χ2v) is 9.67. The molecule has 4 rings (SSSR count). The predicted molar refractivity (Wildman–Crippen MR) is 114 cm³/mol. The first-order valence-electron chi connectivity index (χ1n) is 10.2. The number of nitrogens with one attached hydrogen (secondary N) is 1. The normalized spacial score (nSPS) is 17.4. The van der Waals surface area contributed by atoms with Crippen LogP contribution in [0.15, 0.2) is 47.4 Å². The lowest BCUT2D eigenvalue weighted by Gasteiger charge is -2.20. The van der Waals surface area contributed by atoms with Crippen molar-refractivity contribution in [2.75, 3.05) is 25.5 Å². The minimum Gasteiger partial charge on any atom is -0.322 e. The van der Waals surface area contributed by atoms with Gasteiger partial charge in [0.2, 0.25) is 10.0 Å². The average molecular weight is 442 g/mol. The summed E-state index contributed by atoms with van der Waals surface area (Å²) in [6.45, 7) is 0.991. The van der Waals surface area contributed by atoms with E-state index in [-0.39, 0.29) is 21.6 Å². The standard InChI is InChI=1S/C22H23N3O5S/c1-24-21(27)18-10-9-15(13-19(18)22(24)28)20(26)23-16-7-6-8-17(14-16)31(29,30)25-11-4-2-3-5-12-25/h6-10,13-14H,2-5,11-12H2,1H3,(H,23,26). The highest BCUT2D eigenvalue weighted by Crippen LogP contribution is 2.25. The van der Waals surface area contributed by atoms with E-state index in [0.29, 0.717) is 18.8 Å². The van der Waals surface area contributed by atoms with Gasteiger partial charge in [-0.1, -0.05) is 18.9 Å². The van der Waals surface area contributed by atoms with Gasteiger partial charge in [-0.25, -0.2) is 8.42 Å². The summed E-state index contributed by atoms with van der Waals surface area (Å²) in [7, 11) is -2.25. The molecule has 1 saturated heterocycles. The number of nitrogens with zero attached hydrogens (tertiary/aromatic N) is 2. The Labute approximate surface area is 180 Å². The van der Waals surface area contributed by atoms with Gasteiger partial charge < -0.3 is 5.32 Å². The lowest BCUT2D eigenvalue weighted by Crippen LogP contribution is -2.32. The Morgan fingerprint density at radius 1 is 0.903 bits per heavy atom. The van der Waals surface area contributed by atoms with Gasteiger partial charge in [-0.05, 0) is 49.2 Å². The van der Waals surface area contributed by atoms with Crippen LogP contribution in [0.5, 0.6) is 0 Å². The zero-order valence-corrected chi connectivity index (χ0v) is 17.9. The van der Waals surface area contributed by atoms with Gasteiger partial charge in [0.05, 0.1) is 16.0 Å². The van der Waals surface area contributed by atoms with E-state index in [1.165, 1.54) is 41.7 Å². The number of fused-ring (bicyclic) bond motifs is 1. The summed E-state index contributed by atoms with van der Waals surface area (Å²) in [5.74, 6) is -1.36. The first-order chi connectivity index (χ1) is 14.8. The van der Waals surface area contributed by atoms with Crippen molar-refractivity contribution in [2.45, 2.75) is 30.6 Å². The average Bonchev–Trinajstić information content (AvgIpc) is 2.97. The van der Waals surface area contributed by atoms with E-state index in [1.54, 1.807) is 12.1 Å². The summed E-state index contributed by atoms with van der Waals surface area (Å²) in [5.41, 5.74) is 0.976. The molecule has 2 aliphatic heterocycles. The van der Waals surface area contributed by atoms with Crippen LogP contribution in [0, 0.1) is 0 Å². The second kappa shape index (κ2) is 8.24. The highest BCUT2D eigenvalue weighted by atomic mass is 32.2. The molecule has 8 nitrogen and oxygen atoms in total. The zero-order chi connectivity index (χ0) is 22.2. The number of rotatable bonds is 4. The molecule has 1 N–H and O–H groups in total. The molecule has 2 aromatic carbocycles. The van der Waals surface area contributed by atoms with Crippen molar-refractivity contribution >= 4 is 33.4 Å². The van der Waals surface area contributed by atoms with Crippen LogP contribution < -0.4 is 5.32 Å². The van der Waals surface area contributed by atoms with Crippen molar-refractivity contribution in [3.63, 3.8) is 0 Å². The number of hydrogen-bond acceptors (Lipinski definition) is 5.